The lowest BCUT2D eigenvalue weighted by Crippen LogP contribution is -2.54. The SMILES string of the molecule is NCc1ccc(S(=O)(=O)N2CCOC3CCCCC32)o1. The molecular formula is C13H20N2O4S. The Hall–Kier alpha value is -0.890. The molecule has 0 radical (unpaired) electrons. The molecule has 1 saturated carbocycles. The molecule has 2 heterocycles. The number of nitrogens with two attached hydrogens (primary N) is 1. The zero-order chi connectivity index (χ0) is 14.2. The van der Waals surface area contributed by atoms with Crippen LogP contribution in [0.15, 0.2) is 21.6 Å². The monoisotopic (exact) mass is 300 g/mol. The lowest BCUT2D eigenvalue weighted by molar-refractivity contribution is -0.0589. The van der Waals surface area contributed by atoms with Crippen LogP contribution >= 0.6 is 0 Å². The van der Waals surface area contributed by atoms with Gasteiger partial charge in [-0.3, -0.25) is 0 Å². The van der Waals surface area contributed by atoms with Crippen molar-refractivity contribution in [1.82, 2.24) is 4.31 Å². The van der Waals surface area contributed by atoms with Gasteiger partial charge in [0.1, 0.15) is 5.76 Å². The minimum atomic E-state index is -3.59. The number of hydrogen-bond donors (Lipinski definition) is 1. The molecule has 2 N–H and O–H groups in total. The van der Waals surface area contributed by atoms with E-state index in [1.54, 1.807) is 10.4 Å². The van der Waals surface area contributed by atoms with E-state index in [-0.39, 0.29) is 23.8 Å². The normalized spacial score (nSPS) is 28.2. The van der Waals surface area contributed by atoms with E-state index >= 15 is 0 Å². The molecule has 6 nitrogen and oxygen atoms in total. The van der Waals surface area contributed by atoms with Crippen LogP contribution in [-0.2, 0) is 21.3 Å². The Bertz CT molecular complexity index is 567. The summed E-state index contributed by atoms with van der Waals surface area (Å²) < 4.78 is 38.0. The van der Waals surface area contributed by atoms with Crippen molar-refractivity contribution in [2.45, 2.75) is 49.5 Å². The third-order valence-corrected chi connectivity index (χ3v) is 5.88. The molecule has 3 rings (SSSR count). The van der Waals surface area contributed by atoms with Crippen LogP contribution in [0.3, 0.4) is 0 Å². The summed E-state index contributed by atoms with van der Waals surface area (Å²) in [6.07, 6.45) is 3.96. The lowest BCUT2D eigenvalue weighted by atomic mass is 9.91. The van der Waals surface area contributed by atoms with E-state index in [2.05, 4.69) is 0 Å². The molecule has 0 spiro atoms. The molecule has 20 heavy (non-hydrogen) atoms. The second-order valence-electron chi connectivity index (χ2n) is 5.30. The highest BCUT2D eigenvalue weighted by atomic mass is 32.2. The fraction of sp³-hybridized carbons (Fsp3) is 0.692. The molecular weight excluding hydrogens is 280 g/mol. The van der Waals surface area contributed by atoms with E-state index in [0.29, 0.717) is 18.9 Å². The van der Waals surface area contributed by atoms with Crippen LogP contribution in [0.2, 0.25) is 0 Å². The maximum absolute atomic E-state index is 12.7. The first kappa shape index (κ1) is 14.1. The number of ether oxygens (including phenoxy) is 1. The zero-order valence-electron chi connectivity index (χ0n) is 11.3. The summed E-state index contributed by atoms with van der Waals surface area (Å²) in [7, 11) is -3.59. The predicted molar refractivity (Wildman–Crippen MR) is 72.5 cm³/mol. The second kappa shape index (κ2) is 5.48. The molecule has 2 fully saturated rings. The second-order valence-corrected chi connectivity index (χ2v) is 7.12. The fourth-order valence-corrected chi connectivity index (χ4v) is 4.68. The summed E-state index contributed by atoms with van der Waals surface area (Å²) >= 11 is 0. The van der Waals surface area contributed by atoms with Crippen molar-refractivity contribution in [3.63, 3.8) is 0 Å². The van der Waals surface area contributed by atoms with Crippen LogP contribution in [-0.4, -0.2) is 38.0 Å². The summed E-state index contributed by atoms with van der Waals surface area (Å²) in [4.78, 5) is 0. The van der Waals surface area contributed by atoms with Gasteiger partial charge in [0.25, 0.3) is 10.0 Å². The molecule has 2 unspecified atom stereocenters. The Morgan fingerprint density at radius 2 is 2.10 bits per heavy atom. The summed E-state index contributed by atoms with van der Waals surface area (Å²) in [6.45, 7) is 1.04. The number of morpholine rings is 1. The maximum atomic E-state index is 12.7. The lowest BCUT2D eigenvalue weighted by Gasteiger charge is -2.42. The number of furan rings is 1. The standard InChI is InChI=1S/C13H20N2O4S/c14-9-10-5-6-13(19-10)20(16,17)15-7-8-18-12-4-2-1-3-11(12)15/h5-6,11-12H,1-4,7-9,14H2. The topological polar surface area (TPSA) is 85.8 Å². The highest BCUT2D eigenvalue weighted by molar-refractivity contribution is 7.89. The van der Waals surface area contributed by atoms with Crippen LogP contribution in [0, 0.1) is 0 Å². The van der Waals surface area contributed by atoms with Crippen molar-refractivity contribution < 1.29 is 17.6 Å². The molecule has 1 aliphatic heterocycles. The van der Waals surface area contributed by atoms with Crippen molar-refractivity contribution in [2.75, 3.05) is 13.2 Å². The molecule has 0 amide bonds. The predicted octanol–water partition coefficient (Wildman–Crippen LogP) is 1.07. The molecule has 112 valence electrons. The first-order valence-corrected chi connectivity index (χ1v) is 8.49. The smallest absolute Gasteiger partial charge is 0.276 e. The quantitative estimate of drug-likeness (QED) is 0.902. The molecule has 0 aromatic carbocycles. The van der Waals surface area contributed by atoms with Crippen LogP contribution in [0.5, 0.6) is 0 Å². The summed E-state index contributed by atoms with van der Waals surface area (Å²) in [5.74, 6) is 0.483. The first-order chi connectivity index (χ1) is 9.63. The van der Waals surface area contributed by atoms with Gasteiger partial charge in [0.05, 0.1) is 25.3 Å². The minimum absolute atomic E-state index is 0.0100. The van der Waals surface area contributed by atoms with E-state index in [0.717, 1.165) is 25.7 Å². The highest BCUT2D eigenvalue weighted by Crippen LogP contribution is 2.32. The Balaban J connectivity index is 1.89. The van der Waals surface area contributed by atoms with Gasteiger partial charge in [0.15, 0.2) is 0 Å². The number of fused-ring (bicyclic) bond motifs is 1. The van der Waals surface area contributed by atoms with E-state index in [1.807, 2.05) is 0 Å². The van der Waals surface area contributed by atoms with Crippen molar-refractivity contribution in [3.8, 4) is 0 Å². The van der Waals surface area contributed by atoms with E-state index in [1.165, 1.54) is 6.07 Å². The Labute approximate surface area is 118 Å². The van der Waals surface area contributed by atoms with Crippen LogP contribution in [0.4, 0.5) is 0 Å². The van der Waals surface area contributed by atoms with Gasteiger partial charge >= 0.3 is 0 Å². The van der Waals surface area contributed by atoms with Gasteiger partial charge < -0.3 is 14.9 Å². The maximum Gasteiger partial charge on any atom is 0.276 e. The van der Waals surface area contributed by atoms with Crippen LogP contribution < -0.4 is 5.73 Å². The summed E-state index contributed by atoms with van der Waals surface area (Å²) in [5.41, 5.74) is 5.47. The fourth-order valence-electron chi connectivity index (χ4n) is 3.08. The van der Waals surface area contributed by atoms with Crippen molar-refractivity contribution >= 4 is 10.0 Å². The summed E-state index contributed by atoms with van der Waals surface area (Å²) in [5, 5.41) is -0.0100. The average molecular weight is 300 g/mol. The van der Waals surface area contributed by atoms with Crippen molar-refractivity contribution in [3.05, 3.63) is 17.9 Å². The first-order valence-electron chi connectivity index (χ1n) is 7.05. The number of rotatable bonds is 3. The number of sulfonamides is 1. The minimum Gasteiger partial charge on any atom is -0.447 e. The third kappa shape index (κ3) is 2.39. The Morgan fingerprint density at radius 3 is 2.85 bits per heavy atom. The van der Waals surface area contributed by atoms with Gasteiger partial charge in [0.2, 0.25) is 5.09 Å². The van der Waals surface area contributed by atoms with Gasteiger partial charge in [-0.15, -0.1) is 0 Å². The summed E-state index contributed by atoms with van der Waals surface area (Å²) in [6, 6.07) is 3.05. The molecule has 0 bridgehead atoms. The van der Waals surface area contributed by atoms with Crippen molar-refractivity contribution in [2.24, 2.45) is 5.73 Å². The van der Waals surface area contributed by atoms with E-state index in [9.17, 15) is 8.42 Å². The molecule has 1 aromatic heterocycles. The van der Waals surface area contributed by atoms with Crippen LogP contribution in [0.1, 0.15) is 31.4 Å². The van der Waals surface area contributed by atoms with Crippen molar-refractivity contribution in [1.29, 1.82) is 0 Å². The third-order valence-electron chi connectivity index (χ3n) is 4.08. The van der Waals surface area contributed by atoms with E-state index < -0.39 is 10.0 Å². The Morgan fingerprint density at radius 1 is 1.30 bits per heavy atom. The largest absolute Gasteiger partial charge is 0.447 e. The van der Waals surface area contributed by atoms with Gasteiger partial charge in [-0.25, -0.2) is 8.42 Å². The Kier molecular flexibility index (Phi) is 3.85. The van der Waals surface area contributed by atoms with Gasteiger partial charge in [-0.05, 0) is 25.0 Å². The average Bonchev–Trinajstić information content (AvgIpc) is 2.96. The number of nitrogens with zero attached hydrogens (tertiary/aromatic N) is 1. The molecule has 2 aliphatic rings. The van der Waals surface area contributed by atoms with E-state index in [4.69, 9.17) is 14.9 Å². The van der Waals surface area contributed by atoms with Gasteiger partial charge in [0, 0.05) is 6.54 Å². The molecule has 2 atom stereocenters. The molecule has 1 saturated heterocycles. The highest BCUT2D eigenvalue weighted by Gasteiger charge is 2.41. The molecule has 1 aromatic rings. The number of hydrogen-bond acceptors (Lipinski definition) is 5. The molecule has 7 heteroatoms. The van der Waals surface area contributed by atoms with Gasteiger partial charge in [-0.1, -0.05) is 12.8 Å². The van der Waals surface area contributed by atoms with Gasteiger partial charge in [-0.2, -0.15) is 4.31 Å². The zero-order valence-corrected chi connectivity index (χ0v) is 12.1. The molecule has 1 aliphatic carbocycles. The van der Waals surface area contributed by atoms with Crippen LogP contribution in [0.25, 0.3) is 0 Å².